The van der Waals surface area contributed by atoms with E-state index in [9.17, 15) is 9.59 Å². The number of methoxy groups -OCH3 is 1. The van der Waals surface area contributed by atoms with E-state index in [-0.39, 0.29) is 17.4 Å². The monoisotopic (exact) mass is 360 g/mol. The van der Waals surface area contributed by atoms with E-state index < -0.39 is 0 Å². The van der Waals surface area contributed by atoms with Crippen molar-refractivity contribution in [3.63, 3.8) is 0 Å². The molecule has 0 saturated carbocycles. The Labute approximate surface area is 155 Å². The van der Waals surface area contributed by atoms with Crippen molar-refractivity contribution in [2.45, 2.75) is 38.1 Å². The Balaban J connectivity index is 1.74. The summed E-state index contributed by atoms with van der Waals surface area (Å²) >= 11 is 0. The number of carbonyl (C=O) groups is 2. The minimum atomic E-state index is -0.362. The summed E-state index contributed by atoms with van der Waals surface area (Å²) in [5, 5.41) is 0. The van der Waals surface area contributed by atoms with E-state index in [2.05, 4.69) is 6.92 Å². The molecule has 0 radical (unpaired) electrons. The lowest BCUT2D eigenvalue weighted by molar-refractivity contribution is -0.137. The number of amides is 2. The number of hydrogen-bond acceptors (Lipinski definition) is 4. The summed E-state index contributed by atoms with van der Waals surface area (Å²) in [4.78, 5) is 29.4. The molecule has 1 aromatic carbocycles. The van der Waals surface area contributed by atoms with Crippen LogP contribution in [0.4, 0.5) is 0 Å². The third kappa shape index (κ3) is 3.85. The van der Waals surface area contributed by atoms with Crippen molar-refractivity contribution in [3.05, 3.63) is 29.8 Å². The maximum Gasteiger partial charge on any atom is 0.227 e. The van der Waals surface area contributed by atoms with Crippen molar-refractivity contribution >= 4 is 11.8 Å². The fourth-order valence-corrected chi connectivity index (χ4v) is 3.91. The summed E-state index contributed by atoms with van der Waals surface area (Å²) < 4.78 is 10.8. The van der Waals surface area contributed by atoms with Gasteiger partial charge in [0.1, 0.15) is 5.75 Å². The Morgan fingerprint density at radius 2 is 2.08 bits per heavy atom. The molecule has 0 N–H and O–H groups in total. The van der Waals surface area contributed by atoms with E-state index in [1.54, 1.807) is 7.11 Å². The first-order valence-corrected chi connectivity index (χ1v) is 9.37. The Hall–Kier alpha value is -2.08. The van der Waals surface area contributed by atoms with Gasteiger partial charge in [0, 0.05) is 32.7 Å². The maximum absolute atomic E-state index is 12.9. The first-order valence-electron chi connectivity index (χ1n) is 9.37. The second kappa shape index (κ2) is 8.08. The van der Waals surface area contributed by atoms with Crippen LogP contribution in [0.1, 0.15) is 31.7 Å². The number of rotatable bonds is 5. The molecule has 0 bridgehead atoms. The van der Waals surface area contributed by atoms with Crippen molar-refractivity contribution in [1.82, 2.24) is 9.80 Å². The van der Waals surface area contributed by atoms with Crippen LogP contribution in [0, 0.1) is 0 Å². The lowest BCUT2D eigenvalue weighted by Gasteiger charge is -2.40. The van der Waals surface area contributed by atoms with Gasteiger partial charge in [-0.1, -0.05) is 19.1 Å². The first-order chi connectivity index (χ1) is 12.6. The van der Waals surface area contributed by atoms with Crippen molar-refractivity contribution in [2.75, 3.05) is 40.0 Å². The van der Waals surface area contributed by atoms with Gasteiger partial charge in [0.2, 0.25) is 11.8 Å². The van der Waals surface area contributed by atoms with Crippen LogP contribution in [0.2, 0.25) is 0 Å². The largest absolute Gasteiger partial charge is 0.497 e. The zero-order valence-corrected chi connectivity index (χ0v) is 15.7. The molecule has 2 fully saturated rings. The van der Waals surface area contributed by atoms with Gasteiger partial charge < -0.3 is 19.3 Å². The summed E-state index contributed by atoms with van der Waals surface area (Å²) in [5.74, 6) is 0.975. The van der Waals surface area contributed by atoms with E-state index in [1.165, 1.54) is 0 Å². The summed E-state index contributed by atoms with van der Waals surface area (Å²) in [7, 11) is 1.62. The van der Waals surface area contributed by atoms with E-state index in [1.807, 2.05) is 34.1 Å². The molecular formula is C20H28N2O4. The highest BCUT2D eigenvalue weighted by Gasteiger charge is 2.46. The van der Waals surface area contributed by atoms with Crippen LogP contribution in [0.5, 0.6) is 5.75 Å². The Bertz CT molecular complexity index is 638. The lowest BCUT2D eigenvalue weighted by Crippen LogP contribution is -2.57. The standard InChI is InChI=1S/C20H28N2O4/c1-3-10-22-18(23)8-11-21(14-20(22)9-12-26-15-20)19(24)13-16-4-6-17(25-2)7-5-16/h4-7H,3,8-15H2,1-2H3. The Kier molecular flexibility index (Phi) is 5.81. The smallest absolute Gasteiger partial charge is 0.227 e. The van der Waals surface area contributed by atoms with E-state index in [4.69, 9.17) is 9.47 Å². The van der Waals surface area contributed by atoms with Crippen molar-refractivity contribution in [3.8, 4) is 5.75 Å². The van der Waals surface area contributed by atoms with Crippen molar-refractivity contribution in [1.29, 1.82) is 0 Å². The number of benzene rings is 1. The Morgan fingerprint density at radius 1 is 1.31 bits per heavy atom. The molecule has 2 amide bonds. The van der Waals surface area contributed by atoms with Gasteiger partial charge in [-0.15, -0.1) is 0 Å². The van der Waals surface area contributed by atoms with Gasteiger partial charge in [0.05, 0.1) is 25.7 Å². The van der Waals surface area contributed by atoms with Crippen LogP contribution in [-0.2, 0) is 20.7 Å². The predicted octanol–water partition coefficient (Wildman–Crippen LogP) is 1.87. The molecule has 26 heavy (non-hydrogen) atoms. The molecule has 0 aromatic heterocycles. The zero-order chi connectivity index (χ0) is 18.6. The predicted molar refractivity (Wildman–Crippen MR) is 98.1 cm³/mol. The molecule has 1 unspecified atom stereocenters. The molecule has 1 aromatic rings. The van der Waals surface area contributed by atoms with Gasteiger partial charge in [-0.3, -0.25) is 9.59 Å². The molecule has 2 saturated heterocycles. The molecule has 2 heterocycles. The maximum atomic E-state index is 12.9. The van der Waals surface area contributed by atoms with Gasteiger partial charge in [-0.05, 0) is 30.5 Å². The lowest BCUT2D eigenvalue weighted by atomic mass is 9.95. The van der Waals surface area contributed by atoms with E-state index in [0.717, 1.165) is 30.7 Å². The van der Waals surface area contributed by atoms with E-state index >= 15 is 0 Å². The highest BCUT2D eigenvalue weighted by Crippen LogP contribution is 2.31. The van der Waals surface area contributed by atoms with Crippen LogP contribution >= 0.6 is 0 Å². The molecule has 6 heteroatoms. The summed E-state index contributed by atoms with van der Waals surface area (Å²) in [6, 6.07) is 7.56. The fourth-order valence-electron chi connectivity index (χ4n) is 3.91. The number of ether oxygens (including phenoxy) is 2. The molecular weight excluding hydrogens is 332 g/mol. The topological polar surface area (TPSA) is 59.1 Å². The quantitative estimate of drug-likeness (QED) is 0.804. The number of nitrogens with zero attached hydrogens (tertiary/aromatic N) is 2. The molecule has 3 rings (SSSR count). The van der Waals surface area contributed by atoms with Crippen LogP contribution in [-0.4, -0.2) is 67.1 Å². The third-order valence-corrected chi connectivity index (χ3v) is 5.35. The normalized spacial score (nSPS) is 23.4. The molecule has 2 aliphatic heterocycles. The van der Waals surface area contributed by atoms with Crippen LogP contribution in [0.25, 0.3) is 0 Å². The molecule has 1 spiro atoms. The summed E-state index contributed by atoms with van der Waals surface area (Å²) in [6.45, 7) is 5.01. The number of hydrogen-bond donors (Lipinski definition) is 0. The molecule has 6 nitrogen and oxygen atoms in total. The van der Waals surface area contributed by atoms with Crippen LogP contribution in [0.3, 0.4) is 0 Å². The van der Waals surface area contributed by atoms with Crippen molar-refractivity contribution < 1.29 is 19.1 Å². The Morgan fingerprint density at radius 3 is 2.69 bits per heavy atom. The molecule has 0 aliphatic carbocycles. The fraction of sp³-hybridized carbons (Fsp3) is 0.600. The SMILES string of the molecule is CCCN1C(=O)CCN(C(=O)Cc2ccc(OC)cc2)CC12CCOC2. The average molecular weight is 360 g/mol. The van der Waals surface area contributed by atoms with Gasteiger partial charge in [-0.25, -0.2) is 0 Å². The van der Waals surface area contributed by atoms with Gasteiger partial charge in [0.15, 0.2) is 0 Å². The molecule has 1 atom stereocenters. The highest BCUT2D eigenvalue weighted by atomic mass is 16.5. The average Bonchev–Trinajstić information content (AvgIpc) is 3.07. The van der Waals surface area contributed by atoms with Crippen LogP contribution in [0.15, 0.2) is 24.3 Å². The molecule has 142 valence electrons. The van der Waals surface area contributed by atoms with Gasteiger partial charge in [-0.2, -0.15) is 0 Å². The minimum Gasteiger partial charge on any atom is -0.497 e. The molecule has 2 aliphatic rings. The van der Waals surface area contributed by atoms with Crippen molar-refractivity contribution in [2.24, 2.45) is 0 Å². The first kappa shape index (κ1) is 18.7. The zero-order valence-electron chi connectivity index (χ0n) is 15.7. The summed E-state index contributed by atoms with van der Waals surface area (Å²) in [5.41, 5.74) is 0.590. The van der Waals surface area contributed by atoms with E-state index in [0.29, 0.717) is 39.1 Å². The number of carbonyl (C=O) groups excluding carboxylic acids is 2. The second-order valence-corrected chi connectivity index (χ2v) is 7.16. The highest BCUT2D eigenvalue weighted by molar-refractivity contribution is 5.82. The van der Waals surface area contributed by atoms with Crippen LogP contribution < -0.4 is 4.74 Å². The van der Waals surface area contributed by atoms with Gasteiger partial charge >= 0.3 is 0 Å². The second-order valence-electron chi connectivity index (χ2n) is 7.16. The third-order valence-electron chi connectivity index (χ3n) is 5.35. The summed E-state index contributed by atoms with van der Waals surface area (Å²) in [6.07, 6.45) is 2.43. The minimum absolute atomic E-state index is 0.0626. The van der Waals surface area contributed by atoms with Gasteiger partial charge in [0.25, 0.3) is 0 Å².